The third-order valence-corrected chi connectivity index (χ3v) is 6.10. The van der Waals surface area contributed by atoms with Gasteiger partial charge >= 0.3 is 0 Å². The van der Waals surface area contributed by atoms with Gasteiger partial charge in [0.15, 0.2) is 6.29 Å². The van der Waals surface area contributed by atoms with E-state index in [1.807, 2.05) is 74.3 Å². The number of halogens is 2. The van der Waals surface area contributed by atoms with E-state index in [0.717, 1.165) is 35.3 Å². The highest BCUT2D eigenvalue weighted by Crippen LogP contribution is 2.27. The van der Waals surface area contributed by atoms with E-state index in [-0.39, 0.29) is 12.2 Å². The molecule has 2 aromatic carbocycles. The molecule has 1 aliphatic heterocycles. The van der Waals surface area contributed by atoms with Crippen LogP contribution >= 0.6 is 23.2 Å². The molecule has 0 amide bonds. The summed E-state index contributed by atoms with van der Waals surface area (Å²) < 4.78 is 13.6. The molecule has 1 fully saturated rings. The highest BCUT2D eigenvalue weighted by Gasteiger charge is 2.26. The SMILES string of the molecule is CCC(Cn1ccnc1[B]C(=Cc1ccccc1Cl)c1ccccc1Cl)C1OCCO1. The largest absolute Gasteiger partial charge is 0.350 e. The molecule has 4 rings (SSSR count). The van der Waals surface area contributed by atoms with Crippen molar-refractivity contribution in [2.24, 2.45) is 5.92 Å². The second-order valence-corrected chi connectivity index (χ2v) is 8.28. The van der Waals surface area contributed by atoms with Crippen molar-refractivity contribution in [1.82, 2.24) is 9.55 Å². The van der Waals surface area contributed by atoms with Crippen LogP contribution in [0.1, 0.15) is 24.5 Å². The van der Waals surface area contributed by atoms with E-state index in [2.05, 4.69) is 16.5 Å². The Bertz CT molecular complexity index is 1050. The van der Waals surface area contributed by atoms with E-state index in [9.17, 15) is 0 Å². The second-order valence-electron chi connectivity index (χ2n) is 7.46. The summed E-state index contributed by atoms with van der Waals surface area (Å²) in [7, 11) is 2.05. The molecule has 0 N–H and O–H groups in total. The first-order valence-electron chi connectivity index (χ1n) is 10.5. The van der Waals surface area contributed by atoms with Crippen molar-refractivity contribution in [3.8, 4) is 0 Å². The quantitative estimate of drug-likeness (QED) is 0.351. The monoisotopic (exact) mass is 453 g/mol. The number of ether oxygens (including phenoxy) is 2. The number of imidazole rings is 1. The molecular weight excluding hydrogens is 430 g/mol. The van der Waals surface area contributed by atoms with Gasteiger partial charge in [-0.2, -0.15) is 0 Å². The zero-order chi connectivity index (χ0) is 21.6. The van der Waals surface area contributed by atoms with Gasteiger partial charge in [0, 0.05) is 34.9 Å². The van der Waals surface area contributed by atoms with Crippen LogP contribution in [0.2, 0.25) is 10.0 Å². The Labute approximate surface area is 194 Å². The molecule has 0 aliphatic carbocycles. The van der Waals surface area contributed by atoms with E-state index in [4.69, 9.17) is 32.7 Å². The van der Waals surface area contributed by atoms with Gasteiger partial charge in [-0.05, 0) is 29.7 Å². The van der Waals surface area contributed by atoms with Crippen molar-refractivity contribution >= 4 is 47.8 Å². The van der Waals surface area contributed by atoms with Gasteiger partial charge in [-0.15, -0.1) is 0 Å². The minimum atomic E-state index is -0.165. The first-order valence-corrected chi connectivity index (χ1v) is 11.2. The van der Waals surface area contributed by atoms with Gasteiger partial charge in [0.25, 0.3) is 0 Å². The van der Waals surface area contributed by atoms with Crippen LogP contribution in [0, 0.1) is 5.92 Å². The Morgan fingerprint density at radius 3 is 2.55 bits per heavy atom. The average molecular weight is 454 g/mol. The number of hydrogen-bond donors (Lipinski definition) is 0. The Morgan fingerprint density at radius 2 is 1.84 bits per heavy atom. The predicted octanol–water partition coefficient (Wildman–Crippen LogP) is 5.12. The van der Waals surface area contributed by atoms with Crippen molar-refractivity contribution in [1.29, 1.82) is 0 Å². The molecule has 159 valence electrons. The molecule has 7 heteroatoms. The van der Waals surface area contributed by atoms with Crippen LogP contribution in [0.4, 0.5) is 0 Å². The molecule has 0 spiro atoms. The number of rotatable bonds is 8. The molecule has 31 heavy (non-hydrogen) atoms. The molecule has 1 aromatic heterocycles. The van der Waals surface area contributed by atoms with Crippen LogP contribution in [-0.2, 0) is 16.0 Å². The minimum Gasteiger partial charge on any atom is -0.350 e. The van der Waals surface area contributed by atoms with Gasteiger partial charge in [-0.3, -0.25) is 4.98 Å². The van der Waals surface area contributed by atoms with Crippen molar-refractivity contribution in [3.63, 3.8) is 0 Å². The summed E-state index contributed by atoms with van der Waals surface area (Å²) in [6.45, 7) is 4.22. The van der Waals surface area contributed by atoms with E-state index >= 15 is 0 Å². The Hall–Kier alpha value is -2.05. The van der Waals surface area contributed by atoms with Crippen LogP contribution in [0.3, 0.4) is 0 Å². The van der Waals surface area contributed by atoms with Crippen LogP contribution in [0.25, 0.3) is 11.5 Å². The van der Waals surface area contributed by atoms with Gasteiger partial charge in [0.1, 0.15) is 0 Å². The summed E-state index contributed by atoms with van der Waals surface area (Å²) in [5, 5.41) is 1.36. The second kappa shape index (κ2) is 10.5. The maximum absolute atomic E-state index is 6.54. The van der Waals surface area contributed by atoms with E-state index in [1.165, 1.54) is 0 Å². The lowest BCUT2D eigenvalue weighted by Crippen LogP contribution is -2.33. The predicted molar refractivity (Wildman–Crippen MR) is 128 cm³/mol. The summed E-state index contributed by atoms with van der Waals surface area (Å²) in [6, 6.07) is 15.5. The summed E-state index contributed by atoms with van der Waals surface area (Å²) in [6.07, 6.45) is 6.64. The van der Waals surface area contributed by atoms with Crippen molar-refractivity contribution < 1.29 is 9.47 Å². The topological polar surface area (TPSA) is 36.3 Å². The Balaban J connectivity index is 1.65. The lowest BCUT2D eigenvalue weighted by atomic mass is 9.65. The van der Waals surface area contributed by atoms with Crippen molar-refractivity contribution in [3.05, 3.63) is 82.1 Å². The van der Waals surface area contributed by atoms with E-state index < -0.39 is 0 Å². The third-order valence-electron chi connectivity index (χ3n) is 5.42. The minimum absolute atomic E-state index is 0.165. The fourth-order valence-corrected chi connectivity index (χ4v) is 4.15. The van der Waals surface area contributed by atoms with E-state index in [0.29, 0.717) is 23.3 Å². The Morgan fingerprint density at radius 1 is 1.13 bits per heavy atom. The summed E-state index contributed by atoms with van der Waals surface area (Å²) >= 11 is 13.0. The smallest absolute Gasteiger partial charge is 0.241 e. The number of benzene rings is 2. The zero-order valence-electron chi connectivity index (χ0n) is 17.4. The lowest BCUT2D eigenvalue weighted by Gasteiger charge is -2.22. The van der Waals surface area contributed by atoms with Crippen LogP contribution < -0.4 is 5.72 Å². The van der Waals surface area contributed by atoms with Gasteiger partial charge in [-0.25, -0.2) is 0 Å². The highest BCUT2D eigenvalue weighted by atomic mass is 35.5. The molecule has 2 heterocycles. The van der Waals surface area contributed by atoms with Gasteiger partial charge in [0.2, 0.25) is 7.28 Å². The van der Waals surface area contributed by atoms with Crippen molar-refractivity contribution in [2.75, 3.05) is 13.2 Å². The molecule has 0 bridgehead atoms. The number of nitrogens with zero attached hydrogens (tertiary/aromatic N) is 2. The van der Waals surface area contributed by atoms with Crippen LogP contribution in [0.15, 0.2) is 60.9 Å². The molecular formula is C24H24BCl2N2O2. The van der Waals surface area contributed by atoms with E-state index in [1.54, 1.807) is 0 Å². The highest BCUT2D eigenvalue weighted by molar-refractivity contribution is 6.73. The lowest BCUT2D eigenvalue weighted by molar-refractivity contribution is -0.0882. The van der Waals surface area contributed by atoms with Crippen LogP contribution in [0.5, 0.6) is 0 Å². The fraction of sp³-hybridized carbons (Fsp3) is 0.292. The zero-order valence-corrected chi connectivity index (χ0v) is 18.9. The number of hydrogen-bond acceptors (Lipinski definition) is 3. The van der Waals surface area contributed by atoms with Gasteiger partial charge in [0.05, 0.1) is 18.9 Å². The normalized spacial score (nSPS) is 15.9. The summed E-state index contributed by atoms with van der Waals surface area (Å²) in [5.74, 6) is 0.250. The van der Waals surface area contributed by atoms with Crippen molar-refractivity contribution in [2.45, 2.75) is 26.2 Å². The fourth-order valence-electron chi connectivity index (χ4n) is 3.72. The first kappa shape index (κ1) is 22.2. The molecule has 1 aliphatic rings. The molecule has 3 aromatic rings. The molecule has 0 saturated carbocycles. The summed E-state index contributed by atoms with van der Waals surface area (Å²) in [5.41, 5.74) is 3.63. The molecule has 1 atom stereocenters. The number of aromatic nitrogens is 2. The summed E-state index contributed by atoms with van der Waals surface area (Å²) in [4.78, 5) is 4.60. The van der Waals surface area contributed by atoms with Crippen LogP contribution in [-0.4, -0.2) is 36.3 Å². The van der Waals surface area contributed by atoms with Gasteiger partial charge in [-0.1, -0.05) is 78.1 Å². The Kier molecular flexibility index (Phi) is 7.51. The molecule has 1 saturated heterocycles. The standard InChI is InChI=1S/C24H24BCl2N2O2/c1-2-17(23-30-13-14-31-23)16-29-12-11-28-24(29)25-20(19-8-4-6-10-22(19)27)15-18-7-3-5-9-21(18)26/h3-12,15,17,23H,2,13-14,16H2,1H3. The first-order chi connectivity index (χ1) is 15.2. The maximum atomic E-state index is 6.54. The maximum Gasteiger partial charge on any atom is 0.241 e. The van der Waals surface area contributed by atoms with Gasteiger partial charge < -0.3 is 14.0 Å². The molecule has 1 unspecified atom stereocenters. The third kappa shape index (κ3) is 5.42. The average Bonchev–Trinajstić information content (AvgIpc) is 3.46. The molecule has 4 nitrogen and oxygen atoms in total. The molecule has 1 radical (unpaired) electrons.